The van der Waals surface area contributed by atoms with E-state index in [1.807, 2.05) is 0 Å². The van der Waals surface area contributed by atoms with Gasteiger partial charge in [0, 0.05) is 58.4 Å². The SMILES string of the molecule is COCCN(CCCNC(=O)CCN1C(=O)C=CC1=O)C(O)NCCC(=O)O. The molecule has 11 nitrogen and oxygen atoms in total. The van der Waals surface area contributed by atoms with Crippen LogP contribution in [0.5, 0.6) is 0 Å². The summed E-state index contributed by atoms with van der Waals surface area (Å²) in [6.45, 7) is 1.76. The highest BCUT2D eigenvalue weighted by Gasteiger charge is 2.23. The Kier molecular flexibility index (Phi) is 11.0. The van der Waals surface area contributed by atoms with E-state index in [-0.39, 0.29) is 31.8 Å². The summed E-state index contributed by atoms with van der Waals surface area (Å²) in [4.78, 5) is 47.9. The van der Waals surface area contributed by atoms with Crippen LogP contribution in [0.3, 0.4) is 0 Å². The van der Waals surface area contributed by atoms with E-state index >= 15 is 0 Å². The molecule has 0 saturated heterocycles. The van der Waals surface area contributed by atoms with Gasteiger partial charge in [-0.2, -0.15) is 0 Å². The fourth-order valence-corrected chi connectivity index (χ4v) is 2.47. The van der Waals surface area contributed by atoms with Gasteiger partial charge in [-0.1, -0.05) is 0 Å². The highest BCUT2D eigenvalue weighted by atomic mass is 16.5. The number of amides is 3. The third-order valence-corrected chi connectivity index (χ3v) is 4.00. The Morgan fingerprint density at radius 3 is 2.46 bits per heavy atom. The number of hydrogen-bond acceptors (Lipinski definition) is 8. The molecular weight excluding hydrogens is 372 g/mol. The summed E-state index contributed by atoms with van der Waals surface area (Å²) in [5.74, 6) is -2.08. The van der Waals surface area contributed by atoms with E-state index in [0.29, 0.717) is 32.7 Å². The standard InChI is InChI=1S/C17H28N4O7/c1-28-12-11-20(17(27)19-8-5-16(25)26)9-2-7-18-13(22)6-10-21-14(23)3-4-15(21)24/h3-4,17,19,27H,2,5-12H2,1H3,(H,18,22)(H,25,26). The molecule has 0 saturated carbocycles. The largest absolute Gasteiger partial charge is 0.481 e. The molecule has 1 unspecified atom stereocenters. The number of nitrogens with one attached hydrogen (secondary N) is 2. The zero-order valence-corrected chi connectivity index (χ0v) is 15.9. The maximum atomic E-state index is 11.8. The van der Waals surface area contributed by atoms with Crippen LogP contribution in [0.25, 0.3) is 0 Å². The predicted molar refractivity (Wildman–Crippen MR) is 97.8 cm³/mol. The van der Waals surface area contributed by atoms with Crippen molar-refractivity contribution in [3.05, 3.63) is 12.2 Å². The molecule has 4 N–H and O–H groups in total. The molecule has 1 aliphatic heterocycles. The van der Waals surface area contributed by atoms with Crippen LogP contribution >= 0.6 is 0 Å². The molecule has 158 valence electrons. The molecule has 1 heterocycles. The van der Waals surface area contributed by atoms with Crippen molar-refractivity contribution in [2.75, 3.05) is 46.4 Å². The van der Waals surface area contributed by atoms with Gasteiger partial charge in [0.25, 0.3) is 11.8 Å². The quantitative estimate of drug-likeness (QED) is 0.140. The number of aliphatic hydroxyl groups excluding tert-OH is 1. The van der Waals surface area contributed by atoms with E-state index in [0.717, 1.165) is 4.90 Å². The Hall–Kier alpha value is -2.34. The van der Waals surface area contributed by atoms with E-state index in [9.17, 15) is 24.3 Å². The minimum atomic E-state index is -1.02. The van der Waals surface area contributed by atoms with Gasteiger partial charge in [0.05, 0.1) is 13.0 Å². The fourth-order valence-electron chi connectivity index (χ4n) is 2.47. The Bertz CT molecular complexity index is 564. The number of nitrogens with zero attached hydrogens (tertiary/aromatic N) is 2. The lowest BCUT2D eigenvalue weighted by Gasteiger charge is -2.28. The number of rotatable bonds is 15. The molecule has 0 bridgehead atoms. The lowest BCUT2D eigenvalue weighted by Crippen LogP contribution is -2.48. The van der Waals surface area contributed by atoms with E-state index in [2.05, 4.69) is 10.6 Å². The summed E-state index contributed by atoms with van der Waals surface area (Å²) in [6, 6.07) is 0. The van der Waals surface area contributed by atoms with Gasteiger partial charge in [-0.25, -0.2) is 0 Å². The van der Waals surface area contributed by atoms with Gasteiger partial charge in [0.15, 0.2) is 6.35 Å². The Morgan fingerprint density at radius 1 is 1.18 bits per heavy atom. The smallest absolute Gasteiger partial charge is 0.304 e. The first-order chi connectivity index (χ1) is 13.3. The van der Waals surface area contributed by atoms with Crippen molar-refractivity contribution in [3.8, 4) is 0 Å². The lowest BCUT2D eigenvalue weighted by atomic mass is 10.3. The summed E-state index contributed by atoms with van der Waals surface area (Å²) in [5, 5.41) is 24.2. The van der Waals surface area contributed by atoms with Crippen LogP contribution in [0, 0.1) is 0 Å². The summed E-state index contributed by atoms with van der Waals surface area (Å²) in [5.41, 5.74) is 0. The van der Waals surface area contributed by atoms with Gasteiger partial charge >= 0.3 is 5.97 Å². The van der Waals surface area contributed by atoms with Crippen molar-refractivity contribution >= 4 is 23.7 Å². The molecule has 0 aromatic carbocycles. The predicted octanol–water partition coefficient (Wildman–Crippen LogP) is -1.90. The van der Waals surface area contributed by atoms with Crippen LogP contribution in [-0.2, 0) is 23.9 Å². The molecular formula is C17H28N4O7. The van der Waals surface area contributed by atoms with Crippen molar-refractivity contribution in [1.29, 1.82) is 0 Å². The van der Waals surface area contributed by atoms with E-state index in [1.54, 1.807) is 4.90 Å². The number of ether oxygens (including phenoxy) is 1. The number of carbonyl (C=O) groups excluding carboxylic acids is 3. The van der Waals surface area contributed by atoms with Gasteiger partial charge in [0.2, 0.25) is 5.91 Å². The number of carboxylic acid groups (broad SMARTS) is 1. The first kappa shape index (κ1) is 23.7. The second-order valence-electron chi connectivity index (χ2n) is 6.12. The second-order valence-corrected chi connectivity index (χ2v) is 6.12. The molecule has 28 heavy (non-hydrogen) atoms. The highest BCUT2D eigenvalue weighted by molar-refractivity contribution is 6.13. The molecule has 0 spiro atoms. The van der Waals surface area contributed by atoms with E-state index in [4.69, 9.17) is 9.84 Å². The minimum Gasteiger partial charge on any atom is -0.481 e. The number of aliphatic carboxylic acids is 1. The van der Waals surface area contributed by atoms with Gasteiger partial charge in [0.1, 0.15) is 0 Å². The maximum absolute atomic E-state index is 11.8. The zero-order valence-electron chi connectivity index (χ0n) is 15.9. The van der Waals surface area contributed by atoms with Crippen molar-refractivity contribution in [1.82, 2.24) is 20.4 Å². The van der Waals surface area contributed by atoms with Gasteiger partial charge in [-0.05, 0) is 6.42 Å². The van der Waals surface area contributed by atoms with E-state index in [1.165, 1.54) is 19.3 Å². The molecule has 0 aromatic heterocycles. The summed E-state index contributed by atoms with van der Waals surface area (Å²) in [7, 11) is 1.54. The summed E-state index contributed by atoms with van der Waals surface area (Å²) >= 11 is 0. The highest BCUT2D eigenvalue weighted by Crippen LogP contribution is 2.04. The Labute approximate surface area is 163 Å². The number of methoxy groups -OCH3 is 1. The maximum Gasteiger partial charge on any atom is 0.304 e. The number of imide groups is 1. The average molecular weight is 400 g/mol. The first-order valence-corrected chi connectivity index (χ1v) is 9.01. The van der Waals surface area contributed by atoms with Crippen LogP contribution in [0.4, 0.5) is 0 Å². The Balaban J connectivity index is 2.26. The van der Waals surface area contributed by atoms with Crippen molar-refractivity contribution in [3.63, 3.8) is 0 Å². The van der Waals surface area contributed by atoms with Crippen molar-refractivity contribution in [2.24, 2.45) is 0 Å². The van der Waals surface area contributed by atoms with Gasteiger partial charge in [-0.3, -0.25) is 34.3 Å². The minimum absolute atomic E-state index is 0.0198. The number of carboxylic acids is 1. The summed E-state index contributed by atoms with van der Waals surface area (Å²) < 4.78 is 5.00. The molecule has 1 atom stereocenters. The monoisotopic (exact) mass is 400 g/mol. The normalized spacial score (nSPS) is 14.8. The Morgan fingerprint density at radius 2 is 1.86 bits per heavy atom. The lowest BCUT2D eigenvalue weighted by molar-refractivity contribution is -0.138. The van der Waals surface area contributed by atoms with Gasteiger partial charge in [-0.15, -0.1) is 0 Å². The molecule has 3 amide bonds. The van der Waals surface area contributed by atoms with Crippen molar-refractivity contribution < 1.29 is 34.1 Å². The number of aliphatic hydroxyl groups is 1. The molecule has 11 heteroatoms. The molecule has 1 aliphatic rings. The fraction of sp³-hybridized carbons (Fsp3) is 0.647. The molecule has 0 fully saturated rings. The molecule has 1 rings (SSSR count). The molecule has 0 radical (unpaired) electrons. The van der Waals surface area contributed by atoms with Crippen molar-refractivity contribution in [2.45, 2.75) is 25.6 Å². The summed E-state index contributed by atoms with van der Waals surface area (Å²) in [6.07, 6.45) is 1.77. The third kappa shape index (κ3) is 9.04. The first-order valence-electron chi connectivity index (χ1n) is 9.01. The van der Waals surface area contributed by atoms with E-state index < -0.39 is 24.1 Å². The van der Waals surface area contributed by atoms with Crippen LogP contribution in [-0.4, -0.2) is 96.5 Å². The van der Waals surface area contributed by atoms with Gasteiger partial charge < -0.3 is 20.3 Å². The van der Waals surface area contributed by atoms with Crippen LogP contribution in [0.15, 0.2) is 12.2 Å². The zero-order chi connectivity index (χ0) is 20.9. The topological polar surface area (TPSA) is 149 Å². The third-order valence-electron chi connectivity index (χ3n) is 4.00. The van der Waals surface area contributed by atoms with Crippen LogP contribution in [0.1, 0.15) is 19.3 Å². The average Bonchev–Trinajstić information content (AvgIpc) is 2.96. The second kappa shape index (κ2) is 12.9. The number of hydrogen-bond donors (Lipinski definition) is 4. The molecule has 0 aliphatic carbocycles. The number of carbonyl (C=O) groups is 4. The van der Waals surface area contributed by atoms with Crippen LogP contribution < -0.4 is 10.6 Å². The molecule has 0 aromatic rings. The van der Waals surface area contributed by atoms with Crippen LogP contribution in [0.2, 0.25) is 0 Å².